The smallest absolute Gasteiger partial charge is 0.249 e. The molecule has 0 saturated carbocycles. The molecule has 1 fully saturated rings. The molecule has 2 amide bonds. The van der Waals surface area contributed by atoms with Crippen molar-refractivity contribution >= 4 is 17.5 Å². The first-order chi connectivity index (χ1) is 10.00. The van der Waals surface area contributed by atoms with Gasteiger partial charge >= 0.3 is 0 Å². The summed E-state index contributed by atoms with van der Waals surface area (Å²) in [6, 6.07) is 5.22. The second kappa shape index (κ2) is 6.26. The molecule has 1 unspecified atom stereocenters. The van der Waals surface area contributed by atoms with Crippen molar-refractivity contribution in [2.45, 2.75) is 33.1 Å². The summed E-state index contributed by atoms with van der Waals surface area (Å²) in [5.74, 6) is -0.450. The summed E-state index contributed by atoms with van der Waals surface area (Å²) < 4.78 is 0. The monoisotopic (exact) mass is 289 g/mol. The number of nitrogens with two attached hydrogens (primary N) is 1. The molecule has 1 aliphatic rings. The minimum atomic E-state index is -0.477. The van der Waals surface area contributed by atoms with Crippen LogP contribution >= 0.6 is 0 Å². The van der Waals surface area contributed by atoms with E-state index in [0.29, 0.717) is 17.8 Å². The molecule has 5 nitrogen and oxygen atoms in total. The van der Waals surface area contributed by atoms with Crippen LogP contribution in [0.3, 0.4) is 0 Å². The highest BCUT2D eigenvalue weighted by Crippen LogP contribution is 2.33. The van der Waals surface area contributed by atoms with Crippen molar-refractivity contribution in [1.82, 2.24) is 5.32 Å². The second-order valence-electron chi connectivity index (χ2n) is 5.75. The van der Waals surface area contributed by atoms with Crippen molar-refractivity contribution in [3.05, 3.63) is 29.3 Å². The van der Waals surface area contributed by atoms with Crippen LogP contribution in [-0.2, 0) is 4.79 Å². The maximum atomic E-state index is 12.7. The molecule has 0 aliphatic carbocycles. The van der Waals surface area contributed by atoms with E-state index in [1.54, 1.807) is 19.1 Å². The van der Waals surface area contributed by atoms with Gasteiger partial charge in [0.25, 0.3) is 0 Å². The van der Waals surface area contributed by atoms with Gasteiger partial charge in [0.1, 0.15) is 0 Å². The maximum Gasteiger partial charge on any atom is 0.249 e. The van der Waals surface area contributed by atoms with Gasteiger partial charge < -0.3 is 16.4 Å². The minimum absolute atomic E-state index is 0.0269. The molecule has 0 bridgehead atoms. The Morgan fingerprint density at radius 1 is 1.43 bits per heavy atom. The predicted octanol–water partition coefficient (Wildman–Crippen LogP) is 1.81. The third-order valence-corrected chi connectivity index (χ3v) is 4.30. The molecule has 114 valence electrons. The zero-order valence-corrected chi connectivity index (χ0v) is 12.7. The highest BCUT2D eigenvalue weighted by atomic mass is 16.2. The number of hydrogen-bond acceptors (Lipinski definition) is 3. The molecule has 21 heavy (non-hydrogen) atoms. The fourth-order valence-corrected chi connectivity index (χ4v) is 3.04. The van der Waals surface area contributed by atoms with Crippen LogP contribution in [0.15, 0.2) is 18.2 Å². The van der Waals surface area contributed by atoms with Crippen LogP contribution in [0.4, 0.5) is 5.69 Å². The Kier molecular flexibility index (Phi) is 4.63. The number of amides is 2. The van der Waals surface area contributed by atoms with E-state index in [-0.39, 0.29) is 11.3 Å². The lowest BCUT2D eigenvalue weighted by atomic mass is 9.81. The summed E-state index contributed by atoms with van der Waals surface area (Å²) in [7, 11) is 0. The van der Waals surface area contributed by atoms with Crippen molar-refractivity contribution in [2.24, 2.45) is 11.1 Å². The van der Waals surface area contributed by atoms with E-state index in [9.17, 15) is 9.59 Å². The standard InChI is InChI=1S/C16H23N3O2/c1-3-7-16(8-9-18-10-16)15(21)19-13-6-4-5-12(11(13)2)14(17)20/h4-6,18H,3,7-10H2,1-2H3,(H2,17,20)(H,19,21). The van der Waals surface area contributed by atoms with Gasteiger partial charge in [0, 0.05) is 17.8 Å². The van der Waals surface area contributed by atoms with Crippen molar-refractivity contribution in [3.8, 4) is 0 Å². The van der Waals surface area contributed by atoms with E-state index in [1.807, 2.05) is 6.07 Å². The van der Waals surface area contributed by atoms with Crippen LogP contribution < -0.4 is 16.4 Å². The van der Waals surface area contributed by atoms with E-state index in [0.717, 1.165) is 31.4 Å². The fraction of sp³-hybridized carbons (Fsp3) is 0.500. The first kappa shape index (κ1) is 15.5. The topological polar surface area (TPSA) is 84.2 Å². The first-order valence-corrected chi connectivity index (χ1v) is 7.42. The average Bonchev–Trinajstić information content (AvgIpc) is 2.91. The number of carbonyl (C=O) groups is 2. The molecule has 1 aromatic carbocycles. The molecular weight excluding hydrogens is 266 g/mol. The number of nitrogens with one attached hydrogen (secondary N) is 2. The van der Waals surface area contributed by atoms with Gasteiger partial charge in [0.05, 0.1) is 5.41 Å². The molecular formula is C16H23N3O2. The highest BCUT2D eigenvalue weighted by molar-refractivity contribution is 6.00. The fourth-order valence-electron chi connectivity index (χ4n) is 3.04. The molecule has 0 spiro atoms. The van der Waals surface area contributed by atoms with Gasteiger partial charge in [-0.1, -0.05) is 19.4 Å². The minimum Gasteiger partial charge on any atom is -0.366 e. The summed E-state index contributed by atoms with van der Waals surface area (Å²) in [5, 5.41) is 6.26. The summed E-state index contributed by atoms with van der Waals surface area (Å²) in [6.07, 6.45) is 2.68. The Labute approximate surface area is 125 Å². The third kappa shape index (κ3) is 3.08. The maximum absolute atomic E-state index is 12.7. The van der Waals surface area contributed by atoms with Crippen LogP contribution in [0.2, 0.25) is 0 Å². The molecule has 1 saturated heterocycles. The van der Waals surface area contributed by atoms with E-state index >= 15 is 0 Å². The quantitative estimate of drug-likeness (QED) is 0.773. The normalized spacial score (nSPS) is 21.2. The van der Waals surface area contributed by atoms with Crippen molar-refractivity contribution < 1.29 is 9.59 Å². The van der Waals surface area contributed by atoms with Gasteiger partial charge in [-0.05, 0) is 44.0 Å². The van der Waals surface area contributed by atoms with Gasteiger partial charge in [0.15, 0.2) is 0 Å². The Bertz CT molecular complexity index is 548. The van der Waals surface area contributed by atoms with Gasteiger partial charge in [-0.15, -0.1) is 0 Å². The summed E-state index contributed by atoms with van der Waals surface area (Å²) >= 11 is 0. The summed E-state index contributed by atoms with van der Waals surface area (Å²) in [4.78, 5) is 24.1. The first-order valence-electron chi connectivity index (χ1n) is 7.42. The van der Waals surface area contributed by atoms with E-state index in [2.05, 4.69) is 17.6 Å². The van der Waals surface area contributed by atoms with Crippen molar-refractivity contribution in [2.75, 3.05) is 18.4 Å². The average molecular weight is 289 g/mol. The summed E-state index contributed by atoms with van der Waals surface area (Å²) in [6.45, 7) is 5.47. The van der Waals surface area contributed by atoms with Crippen LogP contribution in [0.1, 0.15) is 42.1 Å². The van der Waals surface area contributed by atoms with Crippen molar-refractivity contribution in [3.63, 3.8) is 0 Å². The molecule has 1 aromatic rings. The SMILES string of the molecule is CCCC1(C(=O)Nc2cccc(C(N)=O)c2C)CCNC1. The van der Waals surface area contributed by atoms with Gasteiger partial charge in [-0.3, -0.25) is 9.59 Å². The van der Waals surface area contributed by atoms with Gasteiger partial charge in [-0.25, -0.2) is 0 Å². The Morgan fingerprint density at radius 2 is 2.19 bits per heavy atom. The van der Waals surface area contributed by atoms with Crippen molar-refractivity contribution in [1.29, 1.82) is 0 Å². The Balaban J connectivity index is 2.23. The molecule has 1 heterocycles. The Hall–Kier alpha value is -1.88. The predicted molar refractivity (Wildman–Crippen MR) is 83.2 cm³/mol. The number of carbonyl (C=O) groups excluding carboxylic acids is 2. The van der Waals surface area contributed by atoms with E-state index < -0.39 is 5.91 Å². The highest BCUT2D eigenvalue weighted by Gasteiger charge is 2.40. The molecule has 4 N–H and O–H groups in total. The molecule has 5 heteroatoms. The van der Waals surface area contributed by atoms with Crippen LogP contribution in [0.25, 0.3) is 0 Å². The number of rotatable bonds is 5. The number of benzene rings is 1. The molecule has 1 atom stereocenters. The lowest BCUT2D eigenvalue weighted by Gasteiger charge is -2.27. The molecule has 1 aliphatic heterocycles. The molecule has 0 aromatic heterocycles. The van der Waals surface area contributed by atoms with Crippen LogP contribution in [-0.4, -0.2) is 24.9 Å². The molecule has 2 rings (SSSR count). The van der Waals surface area contributed by atoms with E-state index in [4.69, 9.17) is 5.73 Å². The zero-order valence-electron chi connectivity index (χ0n) is 12.7. The number of hydrogen-bond donors (Lipinski definition) is 3. The van der Waals surface area contributed by atoms with Crippen LogP contribution in [0.5, 0.6) is 0 Å². The zero-order chi connectivity index (χ0) is 15.5. The summed E-state index contributed by atoms with van der Waals surface area (Å²) in [5.41, 5.74) is 6.84. The number of anilines is 1. The van der Waals surface area contributed by atoms with Gasteiger partial charge in [0.2, 0.25) is 11.8 Å². The second-order valence-corrected chi connectivity index (χ2v) is 5.75. The van der Waals surface area contributed by atoms with Gasteiger partial charge in [-0.2, -0.15) is 0 Å². The molecule has 0 radical (unpaired) electrons. The van der Waals surface area contributed by atoms with E-state index in [1.165, 1.54) is 0 Å². The Morgan fingerprint density at radius 3 is 2.76 bits per heavy atom. The number of primary amides is 1. The van der Waals surface area contributed by atoms with Crippen LogP contribution in [0, 0.1) is 12.3 Å². The lowest BCUT2D eigenvalue weighted by molar-refractivity contribution is -0.125. The largest absolute Gasteiger partial charge is 0.366 e. The lowest BCUT2D eigenvalue weighted by Crippen LogP contribution is -2.38. The third-order valence-electron chi connectivity index (χ3n) is 4.30.